The monoisotopic (exact) mass is 713 g/mol. The van der Waals surface area contributed by atoms with Gasteiger partial charge in [-0.05, 0) is 123 Å². The number of rotatable bonds is 8. The van der Waals surface area contributed by atoms with Gasteiger partial charge in [-0.15, -0.1) is 10.2 Å². The van der Waals surface area contributed by atoms with Gasteiger partial charge in [0.25, 0.3) is 5.89 Å². The number of esters is 1. The summed E-state index contributed by atoms with van der Waals surface area (Å²) in [5.41, 5.74) is 1.58. The number of ether oxygens (including phenoxy) is 1. The van der Waals surface area contributed by atoms with Crippen molar-refractivity contribution in [1.29, 1.82) is 0 Å². The molecule has 4 saturated carbocycles. The van der Waals surface area contributed by atoms with Crippen LogP contribution in [0.2, 0.25) is 0 Å². The number of hydrogen-bond acceptors (Lipinski definition) is 8. The molecule has 7 rings (SSSR count). The number of ketones is 1. The Labute approximate surface area is 309 Å². The molecule has 9 nitrogen and oxygen atoms in total. The van der Waals surface area contributed by atoms with E-state index < -0.39 is 17.4 Å². The topological polar surface area (TPSA) is 132 Å². The van der Waals surface area contributed by atoms with Gasteiger partial charge in [-0.1, -0.05) is 60.1 Å². The average Bonchev–Trinajstić information content (AvgIpc) is 3.64. The lowest BCUT2D eigenvalue weighted by atomic mass is 9.33. The van der Waals surface area contributed by atoms with E-state index in [9.17, 15) is 19.5 Å². The second-order valence-corrected chi connectivity index (χ2v) is 19.6. The van der Waals surface area contributed by atoms with Crippen LogP contribution in [-0.2, 0) is 25.5 Å². The number of Topliss-reactive ketones (excluding diaryl/α,β-unsaturated/α-hetero) is 1. The van der Waals surface area contributed by atoms with E-state index in [0.29, 0.717) is 53.9 Å². The highest BCUT2D eigenvalue weighted by Crippen LogP contribution is 2.77. The van der Waals surface area contributed by atoms with E-state index in [-0.39, 0.29) is 45.5 Å². The fourth-order valence-electron chi connectivity index (χ4n) is 13.0. The van der Waals surface area contributed by atoms with Crippen LogP contribution < -0.4 is 0 Å². The number of hydrogen-bond donors (Lipinski definition) is 1. The van der Waals surface area contributed by atoms with E-state index in [1.54, 1.807) is 20.0 Å². The second-order valence-electron chi connectivity index (χ2n) is 19.6. The first-order valence-corrected chi connectivity index (χ1v) is 19.7. The fourth-order valence-corrected chi connectivity index (χ4v) is 13.0. The van der Waals surface area contributed by atoms with Crippen LogP contribution in [-0.4, -0.2) is 44.1 Å². The first kappa shape index (κ1) is 37.0. The van der Waals surface area contributed by atoms with Gasteiger partial charge in [0.15, 0.2) is 5.78 Å². The SMILES string of the molecule is CC(C)C1=C2[C@H]3CC[C@@H]4[C@@]5(C)CC[C@H](OC(=O)CC(C)(C)C(=O)O)C(C)(C)[C@@H]5CC[C@@]4(C)[C@]3(C)CCC2(Cc2nnc(-c3ccccn3)o2)CC1=O. The van der Waals surface area contributed by atoms with Gasteiger partial charge in [-0.2, -0.15) is 0 Å². The molecular formula is C43H59N3O6. The highest BCUT2D eigenvalue weighted by atomic mass is 16.5. The molecule has 8 atom stereocenters. The van der Waals surface area contributed by atoms with Crippen molar-refractivity contribution in [2.75, 3.05) is 0 Å². The number of fused-ring (bicyclic) bond motifs is 7. The molecule has 5 aliphatic carbocycles. The number of carbonyl (C=O) groups excluding carboxylic acids is 2. The molecule has 2 aromatic rings. The van der Waals surface area contributed by atoms with Crippen molar-refractivity contribution in [3.63, 3.8) is 0 Å². The Morgan fingerprint density at radius 3 is 2.38 bits per heavy atom. The Hall–Kier alpha value is -3.36. The van der Waals surface area contributed by atoms with Gasteiger partial charge in [0.1, 0.15) is 11.8 Å². The minimum atomic E-state index is -1.16. The Morgan fingerprint density at radius 1 is 0.962 bits per heavy atom. The van der Waals surface area contributed by atoms with Crippen LogP contribution in [0.15, 0.2) is 40.0 Å². The number of aliphatic carboxylic acids is 1. The summed E-state index contributed by atoms with van der Waals surface area (Å²) in [4.78, 5) is 43.3. The number of aromatic nitrogens is 3. The average molecular weight is 714 g/mol. The summed E-state index contributed by atoms with van der Waals surface area (Å²) in [6.45, 7) is 19.8. The van der Waals surface area contributed by atoms with Crippen LogP contribution in [0.25, 0.3) is 11.6 Å². The molecule has 4 fully saturated rings. The Morgan fingerprint density at radius 2 is 1.71 bits per heavy atom. The molecule has 1 unspecified atom stereocenters. The molecule has 0 aromatic carbocycles. The third-order valence-electron chi connectivity index (χ3n) is 15.8. The van der Waals surface area contributed by atoms with Crippen molar-refractivity contribution in [1.82, 2.24) is 15.2 Å². The Bertz CT molecular complexity index is 1790. The summed E-state index contributed by atoms with van der Waals surface area (Å²) < 4.78 is 12.4. The van der Waals surface area contributed by atoms with Crippen LogP contribution in [0, 0.1) is 56.2 Å². The van der Waals surface area contributed by atoms with Crippen molar-refractivity contribution < 1.29 is 28.6 Å². The molecule has 2 aromatic heterocycles. The van der Waals surface area contributed by atoms with E-state index in [4.69, 9.17) is 9.15 Å². The summed E-state index contributed by atoms with van der Waals surface area (Å²) in [6.07, 6.45) is 10.5. The van der Waals surface area contributed by atoms with Gasteiger partial charge in [-0.3, -0.25) is 19.4 Å². The lowest BCUT2D eigenvalue weighted by Gasteiger charge is -2.72. The molecule has 282 valence electrons. The highest BCUT2D eigenvalue weighted by molar-refractivity contribution is 6.00. The molecule has 0 amide bonds. The third kappa shape index (κ3) is 5.44. The Balaban J connectivity index is 1.18. The zero-order valence-electron chi connectivity index (χ0n) is 32.8. The molecule has 0 aliphatic heterocycles. The summed E-state index contributed by atoms with van der Waals surface area (Å²) in [5, 5.41) is 18.5. The lowest BCUT2D eigenvalue weighted by molar-refractivity contribution is -0.233. The van der Waals surface area contributed by atoms with E-state index >= 15 is 0 Å². The predicted octanol–water partition coefficient (Wildman–Crippen LogP) is 9.07. The van der Waals surface area contributed by atoms with Gasteiger partial charge in [0.2, 0.25) is 5.89 Å². The van der Waals surface area contributed by atoms with Crippen LogP contribution in [0.5, 0.6) is 0 Å². The molecule has 0 bridgehead atoms. The van der Waals surface area contributed by atoms with Gasteiger partial charge in [0.05, 0.1) is 11.8 Å². The molecule has 52 heavy (non-hydrogen) atoms. The molecule has 9 heteroatoms. The van der Waals surface area contributed by atoms with Crippen LogP contribution in [0.4, 0.5) is 0 Å². The van der Waals surface area contributed by atoms with Crippen molar-refractivity contribution in [3.8, 4) is 11.6 Å². The zero-order chi connectivity index (χ0) is 37.6. The molecule has 0 radical (unpaired) electrons. The molecule has 0 saturated heterocycles. The van der Waals surface area contributed by atoms with Gasteiger partial charge in [-0.25, -0.2) is 0 Å². The number of nitrogens with zero attached hydrogens (tertiary/aromatic N) is 3. The van der Waals surface area contributed by atoms with Crippen molar-refractivity contribution in [3.05, 3.63) is 41.4 Å². The minimum Gasteiger partial charge on any atom is -0.481 e. The maximum Gasteiger partial charge on any atom is 0.309 e. The number of carbonyl (C=O) groups is 3. The molecule has 1 N–H and O–H groups in total. The van der Waals surface area contributed by atoms with Crippen LogP contribution in [0.1, 0.15) is 132 Å². The highest BCUT2D eigenvalue weighted by Gasteiger charge is 2.70. The van der Waals surface area contributed by atoms with E-state index in [0.717, 1.165) is 56.9 Å². The summed E-state index contributed by atoms with van der Waals surface area (Å²) in [6, 6.07) is 5.66. The third-order valence-corrected chi connectivity index (χ3v) is 15.8. The second kappa shape index (κ2) is 12.3. The quantitative estimate of drug-likeness (QED) is 0.266. The van der Waals surface area contributed by atoms with Gasteiger partial charge >= 0.3 is 11.9 Å². The minimum absolute atomic E-state index is 0.0251. The zero-order valence-corrected chi connectivity index (χ0v) is 32.8. The van der Waals surface area contributed by atoms with E-state index in [2.05, 4.69) is 63.6 Å². The number of carboxylic acid groups (broad SMARTS) is 1. The number of pyridine rings is 1. The Kier molecular flexibility index (Phi) is 8.77. The standard InChI is InChI=1S/C43H59N3O6/c1-25(2)34-28(47)22-43(23-32-45-46-36(52-32)27-12-10-11-21-44-27)20-19-41(8)26(35(34)43)13-14-30-40(7)17-16-31(51-33(48)24-38(3,4)37(49)50)39(5,6)29(40)15-18-42(30,41)9/h10-12,21,25-26,29-31H,13-20,22-24H2,1-9H3,(H,49,50)/t26-,29+,30-,31+,40+,41-,42-,43?/m1/s1. The van der Waals surface area contributed by atoms with E-state index in [1.165, 1.54) is 5.57 Å². The first-order valence-electron chi connectivity index (χ1n) is 19.7. The lowest BCUT2D eigenvalue weighted by Crippen LogP contribution is -2.65. The number of carboxylic acids is 1. The number of allylic oxidation sites excluding steroid dienone is 2. The fraction of sp³-hybridized carbons (Fsp3) is 0.721. The van der Waals surface area contributed by atoms with Crippen molar-refractivity contribution in [2.45, 2.75) is 139 Å². The van der Waals surface area contributed by atoms with E-state index in [1.807, 2.05) is 18.2 Å². The first-order chi connectivity index (χ1) is 24.3. The van der Waals surface area contributed by atoms with Gasteiger partial charge < -0.3 is 14.3 Å². The maximum absolute atomic E-state index is 14.1. The molecular weight excluding hydrogens is 654 g/mol. The van der Waals surface area contributed by atoms with Gasteiger partial charge in [0, 0.05) is 29.9 Å². The van der Waals surface area contributed by atoms with Crippen molar-refractivity contribution >= 4 is 17.7 Å². The largest absolute Gasteiger partial charge is 0.481 e. The van der Waals surface area contributed by atoms with Crippen LogP contribution >= 0.6 is 0 Å². The molecule has 2 heterocycles. The maximum atomic E-state index is 14.1. The molecule has 0 spiro atoms. The predicted molar refractivity (Wildman–Crippen MR) is 197 cm³/mol. The normalized spacial score (nSPS) is 36.8. The smallest absolute Gasteiger partial charge is 0.309 e. The summed E-state index contributed by atoms with van der Waals surface area (Å²) in [7, 11) is 0. The summed E-state index contributed by atoms with van der Waals surface area (Å²) in [5.74, 6) is 1.24. The van der Waals surface area contributed by atoms with Crippen LogP contribution in [0.3, 0.4) is 0 Å². The van der Waals surface area contributed by atoms with Crippen molar-refractivity contribution in [2.24, 2.45) is 56.2 Å². The molecule has 5 aliphatic rings. The summed E-state index contributed by atoms with van der Waals surface area (Å²) >= 11 is 0.